The van der Waals surface area contributed by atoms with Crippen LogP contribution in [0, 0.1) is 0 Å². The van der Waals surface area contributed by atoms with E-state index in [-0.39, 0.29) is 0 Å². The predicted molar refractivity (Wildman–Crippen MR) is 85.3 cm³/mol. The summed E-state index contributed by atoms with van der Waals surface area (Å²) in [6.45, 7) is 4.17. The highest BCUT2D eigenvalue weighted by Crippen LogP contribution is 2.33. The highest BCUT2D eigenvalue weighted by Gasteiger charge is 2.19. The summed E-state index contributed by atoms with van der Waals surface area (Å²) in [4.78, 5) is 2.43. The van der Waals surface area contributed by atoms with E-state index in [1.54, 1.807) is 0 Å². The molecule has 1 atom stereocenters. The molecule has 3 rings (SSSR count). The Morgan fingerprint density at radius 3 is 3.15 bits per heavy atom. The number of nitrogens with one attached hydrogen (secondary N) is 1. The standard InChI is InChI=1S/C16H23BrN2O/c1-19-6-2-3-15(4-7-19)18-11-13-10-14(17)9-12-5-8-20-16(12)13/h9-10,15,18H,2-8,11H2,1H3. The van der Waals surface area contributed by atoms with E-state index < -0.39 is 0 Å². The van der Waals surface area contributed by atoms with Crippen LogP contribution in [0.2, 0.25) is 0 Å². The van der Waals surface area contributed by atoms with Crippen LogP contribution in [0.1, 0.15) is 30.4 Å². The number of ether oxygens (including phenoxy) is 1. The van der Waals surface area contributed by atoms with Crippen LogP contribution in [-0.4, -0.2) is 37.7 Å². The SMILES string of the molecule is CN1CCCC(NCc2cc(Br)cc3c2OCC3)CC1. The molecule has 4 heteroatoms. The van der Waals surface area contributed by atoms with Gasteiger partial charge in [-0.15, -0.1) is 0 Å². The second-order valence-electron chi connectivity index (χ2n) is 5.96. The third kappa shape index (κ3) is 3.35. The zero-order chi connectivity index (χ0) is 13.9. The van der Waals surface area contributed by atoms with Gasteiger partial charge in [0, 0.05) is 29.0 Å². The Balaban J connectivity index is 1.64. The topological polar surface area (TPSA) is 24.5 Å². The molecule has 20 heavy (non-hydrogen) atoms. The zero-order valence-corrected chi connectivity index (χ0v) is 13.7. The lowest BCUT2D eigenvalue weighted by Gasteiger charge is -2.18. The Morgan fingerprint density at radius 2 is 2.25 bits per heavy atom. The van der Waals surface area contributed by atoms with Crippen molar-refractivity contribution in [2.45, 2.75) is 38.3 Å². The van der Waals surface area contributed by atoms with Crippen molar-refractivity contribution >= 4 is 15.9 Å². The number of likely N-dealkylation sites (tertiary alicyclic amines) is 1. The third-order valence-corrected chi connectivity index (χ3v) is 4.82. The van der Waals surface area contributed by atoms with Gasteiger partial charge in [-0.2, -0.15) is 0 Å². The van der Waals surface area contributed by atoms with Crippen molar-refractivity contribution in [1.82, 2.24) is 10.2 Å². The molecule has 0 spiro atoms. The molecule has 110 valence electrons. The van der Waals surface area contributed by atoms with Gasteiger partial charge >= 0.3 is 0 Å². The van der Waals surface area contributed by atoms with E-state index in [1.165, 1.54) is 48.0 Å². The molecule has 1 N–H and O–H groups in total. The van der Waals surface area contributed by atoms with Crippen molar-refractivity contribution in [3.05, 3.63) is 27.7 Å². The van der Waals surface area contributed by atoms with Crippen molar-refractivity contribution in [3.8, 4) is 5.75 Å². The van der Waals surface area contributed by atoms with E-state index in [9.17, 15) is 0 Å². The molecule has 0 radical (unpaired) electrons. The largest absolute Gasteiger partial charge is 0.493 e. The monoisotopic (exact) mass is 338 g/mol. The Bertz CT molecular complexity index is 478. The van der Waals surface area contributed by atoms with Gasteiger partial charge in [0.15, 0.2) is 0 Å². The normalized spacial score (nSPS) is 23.2. The molecular formula is C16H23BrN2O. The van der Waals surface area contributed by atoms with Crippen LogP contribution < -0.4 is 10.1 Å². The summed E-state index contributed by atoms with van der Waals surface area (Å²) in [6.07, 6.45) is 4.85. The number of benzene rings is 1. The molecule has 3 nitrogen and oxygen atoms in total. The molecule has 0 aromatic heterocycles. The van der Waals surface area contributed by atoms with Gasteiger partial charge in [0.05, 0.1) is 6.61 Å². The fraction of sp³-hybridized carbons (Fsp3) is 0.625. The number of hydrogen-bond donors (Lipinski definition) is 1. The quantitative estimate of drug-likeness (QED) is 0.916. The van der Waals surface area contributed by atoms with E-state index in [2.05, 4.69) is 45.3 Å². The molecular weight excluding hydrogens is 316 g/mol. The van der Waals surface area contributed by atoms with Gasteiger partial charge in [0.1, 0.15) is 5.75 Å². The predicted octanol–water partition coefficient (Wildman–Crippen LogP) is 2.96. The minimum Gasteiger partial charge on any atom is -0.493 e. The Morgan fingerprint density at radius 1 is 1.35 bits per heavy atom. The van der Waals surface area contributed by atoms with Crippen LogP contribution in [0.3, 0.4) is 0 Å². The first-order valence-electron chi connectivity index (χ1n) is 7.58. The number of halogens is 1. The Labute approximate surface area is 129 Å². The van der Waals surface area contributed by atoms with Crippen LogP contribution in [-0.2, 0) is 13.0 Å². The lowest BCUT2D eigenvalue weighted by molar-refractivity contribution is 0.341. The molecule has 1 aromatic carbocycles. The van der Waals surface area contributed by atoms with E-state index in [0.717, 1.165) is 25.3 Å². The maximum absolute atomic E-state index is 5.80. The smallest absolute Gasteiger partial charge is 0.127 e. The molecule has 2 heterocycles. The molecule has 0 aliphatic carbocycles. The van der Waals surface area contributed by atoms with Gasteiger partial charge in [-0.3, -0.25) is 0 Å². The maximum atomic E-state index is 5.80. The van der Waals surface area contributed by atoms with Crippen molar-refractivity contribution in [1.29, 1.82) is 0 Å². The lowest BCUT2D eigenvalue weighted by Crippen LogP contribution is -2.29. The first kappa shape index (κ1) is 14.4. The van der Waals surface area contributed by atoms with Gasteiger partial charge in [-0.25, -0.2) is 0 Å². The van der Waals surface area contributed by atoms with E-state index in [1.807, 2.05) is 0 Å². The minimum absolute atomic E-state index is 0.635. The average molecular weight is 339 g/mol. The number of nitrogens with zero attached hydrogens (tertiary/aromatic N) is 1. The van der Waals surface area contributed by atoms with Crippen LogP contribution in [0.4, 0.5) is 0 Å². The summed E-state index contributed by atoms with van der Waals surface area (Å²) in [5.74, 6) is 1.12. The molecule has 2 aliphatic rings. The van der Waals surface area contributed by atoms with Crippen molar-refractivity contribution in [2.24, 2.45) is 0 Å². The summed E-state index contributed by atoms with van der Waals surface area (Å²) in [7, 11) is 2.22. The molecule has 0 saturated carbocycles. The summed E-state index contributed by atoms with van der Waals surface area (Å²) in [5, 5.41) is 3.73. The minimum atomic E-state index is 0.635. The van der Waals surface area contributed by atoms with Gasteiger partial charge < -0.3 is 15.0 Å². The molecule has 0 amide bonds. The van der Waals surface area contributed by atoms with Crippen LogP contribution in [0.15, 0.2) is 16.6 Å². The van der Waals surface area contributed by atoms with Gasteiger partial charge in [-0.1, -0.05) is 15.9 Å². The molecule has 1 aromatic rings. The summed E-state index contributed by atoms with van der Waals surface area (Å²) < 4.78 is 6.96. The average Bonchev–Trinajstić information content (AvgIpc) is 2.79. The molecule has 1 saturated heterocycles. The highest BCUT2D eigenvalue weighted by atomic mass is 79.9. The lowest BCUT2D eigenvalue weighted by atomic mass is 10.1. The molecule has 0 bridgehead atoms. The van der Waals surface area contributed by atoms with Crippen LogP contribution in [0.5, 0.6) is 5.75 Å². The molecule has 2 aliphatic heterocycles. The second-order valence-corrected chi connectivity index (χ2v) is 6.88. The maximum Gasteiger partial charge on any atom is 0.127 e. The van der Waals surface area contributed by atoms with Gasteiger partial charge in [0.2, 0.25) is 0 Å². The van der Waals surface area contributed by atoms with E-state index >= 15 is 0 Å². The third-order valence-electron chi connectivity index (χ3n) is 4.36. The number of fused-ring (bicyclic) bond motifs is 1. The second kappa shape index (κ2) is 6.46. The Hall–Kier alpha value is -0.580. The highest BCUT2D eigenvalue weighted by molar-refractivity contribution is 9.10. The fourth-order valence-corrected chi connectivity index (χ4v) is 3.73. The van der Waals surface area contributed by atoms with Gasteiger partial charge in [0.25, 0.3) is 0 Å². The number of hydrogen-bond acceptors (Lipinski definition) is 3. The first-order valence-corrected chi connectivity index (χ1v) is 8.37. The summed E-state index contributed by atoms with van der Waals surface area (Å²) >= 11 is 3.61. The summed E-state index contributed by atoms with van der Waals surface area (Å²) in [6, 6.07) is 5.02. The summed E-state index contributed by atoms with van der Waals surface area (Å²) in [5.41, 5.74) is 2.64. The van der Waals surface area contributed by atoms with Crippen molar-refractivity contribution < 1.29 is 4.74 Å². The van der Waals surface area contributed by atoms with Crippen molar-refractivity contribution in [2.75, 3.05) is 26.7 Å². The number of rotatable bonds is 3. The van der Waals surface area contributed by atoms with Gasteiger partial charge in [-0.05, 0) is 57.1 Å². The van der Waals surface area contributed by atoms with Crippen molar-refractivity contribution in [3.63, 3.8) is 0 Å². The zero-order valence-electron chi connectivity index (χ0n) is 12.1. The van der Waals surface area contributed by atoms with Crippen LogP contribution in [0.25, 0.3) is 0 Å². The molecule has 1 fully saturated rings. The van der Waals surface area contributed by atoms with E-state index in [4.69, 9.17) is 4.74 Å². The Kier molecular flexibility index (Phi) is 4.64. The van der Waals surface area contributed by atoms with E-state index in [0.29, 0.717) is 6.04 Å². The fourth-order valence-electron chi connectivity index (χ4n) is 3.18. The first-order chi connectivity index (χ1) is 9.72. The molecule has 1 unspecified atom stereocenters. The van der Waals surface area contributed by atoms with Crippen LogP contribution >= 0.6 is 15.9 Å².